The van der Waals surface area contributed by atoms with Gasteiger partial charge in [-0.2, -0.15) is 0 Å². The van der Waals surface area contributed by atoms with Crippen molar-refractivity contribution in [1.29, 1.82) is 0 Å². The van der Waals surface area contributed by atoms with Gasteiger partial charge in [-0.15, -0.1) is 0 Å². The Bertz CT molecular complexity index is 966. The van der Waals surface area contributed by atoms with E-state index in [1.54, 1.807) is 24.5 Å². The second-order valence-electron chi connectivity index (χ2n) is 8.19. The van der Waals surface area contributed by atoms with Crippen LogP contribution in [-0.2, 0) is 16.0 Å². The summed E-state index contributed by atoms with van der Waals surface area (Å²) in [6, 6.07) is 11.2. The van der Waals surface area contributed by atoms with Gasteiger partial charge in [-0.3, -0.25) is 19.5 Å². The lowest BCUT2D eigenvalue weighted by Gasteiger charge is -2.31. The van der Waals surface area contributed by atoms with E-state index in [-0.39, 0.29) is 17.9 Å². The van der Waals surface area contributed by atoms with E-state index in [0.717, 1.165) is 43.2 Å². The number of amides is 2. The van der Waals surface area contributed by atoms with Crippen LogP contribution in [0.3, 0.4) is 0 Å². The number of carbonyl (C=O) groups is 2. The maximum atomic E-state index is 13.6. The van der Waals surface area contributed by atoms with Crippen molar-refractivity contribution in [2.75, 3.05) is 13.1 Å². The van der Waals surface area contributed by atoms with E-state index in [0.29, 0.717) is 29.4 Å². The molecule has 0 bridgehead atoms. The highest BCUT2D eigenvalue weighted by atomic mass is 35.5. The first kappa shape index (κ1) is 21.6. The highest BCUT2D eigenvalue weighted by molar-refractivity contribution is 6.36. The summed E-state index contributed by atoms with van der Waals surface area (Å²) in [5, 5.41) is 0.608. The zero-order valence-electron chi connectivity index (χ0n) is 17.9. The lowest BCUT2D eigenvalue weighted by molar-refractivity contribution is -0.141. The molecule has 1 aliphatic carbocycles. The number of pyridine rings is 1. The number of imide groups is 1. The van der Waals surface area contributed by atoms with E-state index in [9.17, 15) is 9.59 Å². The average molecular weight is 438 g/mol. The summed E-state index contributed by atoms with van der Waals surface area (Å²) in [7, 11) is 0. The van der Waals surface area contributed by atoms with Gasteiger partial charge < -0.3 is 4.90 Å². The summed E-state index contributed by atoms with van der Waals surface area (Å²) < 4.78 is 0. The SMILES string of the molecule is CCN(CCc1ccncc1)C1=C(c2ccc(Cl)cc2)C(=O)N(C2CCCCC2)C1=O. The number of halogens is 1. The topological polar surface area (TPSA) is 53.5 Å². The van der Waals surface area contributed by atoms with Crippen LogP contribution < -0.4 is 0 Å². The van der Waals surface area contributed by atoms with Crippen molar-refractivity contribution in [2.45, 2.75) is 51.5 Å². The zero-order valence-corrected chi connectivity index (χ0v) is 18.6. The van der Waals surface area contributed by atoms with E-state index in [4.69, 9.17) is 11.6 Å². The number of carbonyl (C=O) groups excluding carboxylic acids is 2. The Morgan fingerprint density at radius 3 is 2.32 bits per heavy atom. The molecule has 0 spiro atoms. The van der Waals surface area contributed by atoms with Gasteiger partial charge in [0.2, 0.25) is 0 Å². The van der Waals surface area contributed by atoms with Crippen LogP contribution in [0.4, 0.5) is 0 Å². The minimum Gasteiger partial charge on any atom is -0.366 e. The fourth-order valence-corrected chi connectivity index (χ4v) is 4.74. The molecule has 2 aromatic rings. The van der Waals surface area contributed by atoms with Crippen LogP contribution in [0.15, 0.2) is 54.5 Å². The van der Waals surface area contributed by atoms with Crippen LogP contribution in [0.2, 0.25) is 5.02 Å². The monoisotopic (exact) mass is 437 g/mol. The highest BCUT2D eigenvalue weighted by Gasteiger charge is 2.44. The molecule has 0 atom stereocenters. The van der Waals surface area contributed by atoms with E-state index < -0.39 is 0 Å². The third-order valence-electron chi connectivity index (χ3n) is 6.28. The van der Waals surface area contributed by atoms with Crippen molar-refractivity contribution >= 4 is 29.0 Å². The molecule has 2 aliphatic rings. The van der Waals surface area contributed by atoms with Gasteiger partial charge in [-0.25, -0.2) is 0 Å². The second-order valence-corrected chi connectivity index (χ2v) is 8.62. The quantitative estimate of drug-likeness (QED) is 0.588. The lowest BCUT2D eigenvalue weighted by atomic mass is 9.94. The molecule has 1 aromatic carbocycles. The molecule has 0 radical (unpaired) electrons. The Labute approximate surface area is 188 Å². The average Bonchev–Trinajstić information content (AvgIpc) is 3.06. The van der Waals surface area contributed by atoms with Crippen molar-refractivity contribution < 1.29 is 9.59 Å². The zero-order chi connectivity index (χ0) is 21.8. The molecule has 0 N–H and O–H groups in total. The summed E-state index contributed by atoms with van der Waals surface area (Å²) in [5.74, 6) is -0.324. The van der Waals surface area contributed by atoms with Crippen LogP contribution in [0.1, 0.15) is 50.2 Å². The molecule has 6 heteroatoms. The molecule has 1 saturated carbocycles. The first-order valence-corrected chi connectivity index (χ1v) is 11.5. The van der Waals surface area contributed by atoms with Crippen LogP contribution in [0.25, 0.3) is 5.57 Å². The van der Waals surface area contributed by atoms with E-state index in [2.05, 4.69) is 4.98 Å². The van der Waals surface area contributed by atoms with Gasteiger partial charge >= 0.3 is 0 Å². The van der Waals surface area contributed by atoms with Gasteiger partial charge in [0.1, 0.15) is 5.70 Å². The van der Waals surface area contributed by atoms with Gasteiger partial charge in [0.05, 0.1) is 5.57 Å². The Hall–Kier alpha value is -2.66. The molecule has 162 valence electrons. The summed E-state index contributed by atoms with van der Waals surface area (Å²) in [6.45, 7) is 3.33. The summed E-state index contributed by atoms with van der Waals surface area (Å²) >= 11 is 6.08. The maximum absolute atomic E-state index is 13.6. The molecule has 4 rings (SSSR count). The standard InChI is InChI=1S/C25H28ClN3O2/c1-2-28(17-14-18-12-15-27-16-13-18)23-22(19-8-10-20(26)11-9-19)24(30)29(25(23)31)21-6-4-3-5-7-21/h8-13,15-16,21H,2-7,14,17H2,1H3. The minimum atomic E-state index is -0.170. The van der Waals surface area contributed by atoms with Gasteiger partial charge in [0.25, 0.3) is 11.8 Å². The van der Waals surface area contributed by atoms with Gasteiger partial charge in [-0.1, -0.05) is 43.0 Å². The number of hydrogen-bond donors (Lipinski definition) is 0. The van der Waals surface area contributed by atoms with Crippen LogP contribution >= 0.6 is 11.6 Å². The summed E-state index contributed by atoms with van der Waals surface area (Å²) in [4.78, 5) is 34.9. The Morgan fingerprint density at radius 2 is 1.68 bits per heavy atom. The fraction of sp³-hybridized carbons (Fsp3) is 0.400. The van der Waals surface area contributed by atoms with Crippen molar-refractivity contribution in [3.8, 4) is 0 Å². The fourth-order valence-electron chi connectivity index (χ4n) is 4.62. The Kier molecular flexibility index (Phi) is 6.71. The van der Waals surface area contributed by atoms with Gasteiger partial charge in [0.15, 0.2) is 0 Å². The first-order valence-electron chi connectivity index (χ1n) is 11.1. The van der Waals surface area contributed by atoms with Gasteiger partial charge in [-0.05, 0) is 61.6 Å². The smallest absolute Gasteiger partial charge is 0.278 e. The predicted octanol–water partition coefficient (Wildman–Crippen LogP) is 4.71. The highest BCUT2D eigenvalue weighted by Crippen LogP contribution is 2.36. The summed E-state index contributed by atoms with van der Waals surface area (Å²) in [6.07, 6.45) is 9.41. The van der Waals surface area contributed by atoms with Crippen molar-refractivity contribution in [3.05, 3.63) is 70.6 Å². The molecule has 0 saturated heterocycles. The van der Waals surface area contributed by atoms with Crippen molar-refractivity contribution in [1.82, 2.24) is 14.8 Å². The number of rotatable bonds is 7. The number of aromatic nitrogens is 1. The van der Waals surface area contributed by atoms with Crippen molar-refractivity contribution in [3.63, 3.8) is 0 Å². The van der Waals surface area contributed by atoms with E-state index >= 15 is 0 Å². The third-order valence-corrected chi connectivity index (χ3v) is 6.53. The minimum absolute atomic E-state index is 0.00699. The van der Waals surface area contributed by atoms with E-state index in [1.807, 2.05) is 36.1 Å². The number of hydrogen-bond acceptors (Lipinski definition) is 4. The maximum Gasteiger partial charge on any atom is 0.278 e. The molecule has 1 aliphatic heterocycles. The first-order chi connectivity index (χ1) is 15.1. The molecule has 2 heterocycles. The molecular weight excluding hydrogens is 410 g/mol. The Balaban J connectivity index is 1.69. The van der Waals surface area contributed by atoms with Crippen LogP contribution in [-0.4, -0.2) is 45.7 Å². The van der Waals surface area contributed by atoms with E-state index in [1.165, 1.54) is 11.3 Å². The van der Waals surface area contributed by atoms with Gasteiger partial charge in [0, 0.05) is 36.5 Å². The van der Waals surface area contributed by atoms with Crippen molar-refractivity contribution in [2.24, 2.45) is 0 Å². The Morgan fingerprint density at radius 1 is 1.00 bits per heavy atom. The molecule has 1 fully saturated rings. The third kappa shape index (κ3) is 4.52. The molecule has 1 aromatic heterocycles. The number of benzene rings is 1. The second kappa shape index (κ2) is 9.65. The number of likely N-dealkylation sites (N-methyl/N-ethyl adjacent to an activating group) is 1. The predicted molar refractivity (Wildman–Crippen MR) is 122 cm³/mol. The molecule has 5 nitrogen and oxygen atoms in total. The normalized spacial score (nSPS) is 17.5. The molecule has 2 amide bonds. The largest absolute Gasteiger partial charge is 0.366 e. The molecule has 31 heavy (non-hydrogen) atoms. The lowest BCUT2D eigenvalue weighted by Crippen LogP contribution is -2.43. The molecular formula is C25H28ClN3O2. The van der Waals surface area contributed by atoms with Crippen LogP contribution in [0, 0.1) is 0 Å². The summed E-state index contributed by atoms with van der Waals surface area (Å²) in [5.41, 5.74) is 2.93. The number of nitrogens with zero attached hydrogens (tertiary/aromatic N) is 3. The van der Waals surface area contributed by atoms with Crippen LogP contribution in [0.5, 0.6) is 0 Å². The molecule has 0 unspecified atom stereocenters.